The van der Waals surface area contributed by atoms with E-state index >= 15 is 0 Å². The summed E-state index contributed by atoms with van der Waals surface area (Å²) in [4.78, 5) is 35.0. The van der Waals surface area contributed by atoms with Gasteiger partial charge in [0.2, 0.25) is 0 Å². The number of halogens is 14. The van der Waals surface area contributed by atoms with Gasteiger partial charge in [0, 0.05) is 6.42 Å². The summed E-state index contributed by atoms with van der Waals surface area (Å²) >= 11 is 0. The van der Waals surface area contributed by atoms with E-state index in [1.165, 1.54) is 6.92 Å². The monoisotopic (exact) mass is 615 g/mol. The molecule has 0 aromatic heterocycles. The van der Waals surface area contributed by atoms with Crippen LogP contribution in [0.4, 0.5) is 61.5 Å². The lowest BCUT2D eigenvalue weighted by atomic mass is 10.0. The molecule has 1 rings (SSSR count). The Morgan fingerprint density at radius 1 is 0.750 bits per heavy atom. The number of benzene rings is 1. The molecule has 228 valence electrons. The molecule has 6 nitrogen and oxygen atoms in total. The maximum Gasteiger partial charge on any atom is 0.460 e. The summed E-state index contributed by atoms with van der Waals surface area (Å²) in [5.74, 6) is -35.8. The molecule has 20 heteroatoms. The second-order valence-electron chi connectivity index (χ2n) is 7.72. The van der Waals surface area contributed by atoms with Gasteiger partial charge in [-0.1, -0.05) is 19.1 Å². The van der Waals surface area contributed by atoms with Crippen LogP contribution in [-0.4, -0.2) is 66.5 Å². The molecule has 0 spiro atoms. The van der Waals surface area contributed by atoms with E-state index in [1.807, 2.05) is 0 Å². The van der Waals surface area contributed by atoms with E-state index in [0.717, 1.165) is 5.32 Å². The minimum atomic E-state index is -6.89. The van der Waals surface area contributed by atoms with Gasteiger partial charge in [-0.05, 0) is 24.1 Å². The molecule has 1 aromatic rings. The Morgan fingerprint density at radius 2 is 1.20 bits per heavy atom. The number of rotatable bonds is 11. The van der Waals surface area contributed by atoms with Crippen molar-refractivity contribution < 1.29 is 85.3 Å². The number of carbonyl (C=O) groups excluding carboxylic acids is 3. The van der Waals surface area contributed by atoms with Crippen LogP contribution in [0.3, 0.4) is 0 Å². The first-order valence-corrected chi connectivity index (χ1v) is 10.3. The molecule has 0 aliphatic heterocycles. The van der Waals surface area contributed by atoms with Crippen molar-refractivity contribution in [3.8, 4) is 5.75 Å². The summed E-state index contributed by atoms with van der Waals surface area (Å²) in [6.07, 6.45) is -14.7. The van der Waals surface area contributed by atoms with Crippen molar-refractivity contribution in [3.63, 3.8) is 0 Å². The summed E-state index contributed by atoms with van der Waals surface area (Å²) < 4.78 is 188. The molecule has 0 fully saturated rings. The van der Waals surface area contributed by atoms with Gasteiger partial charge in [-0.25, -0.2) is 9.59 Å². The number of hydrogen-bond acceptors (Lipinski definition) is 5. The van der Waals surface area contributed by atoms with Crippen molar-refractivity contribution in [2.45, 2.75) is 61.8 Å². The van der Waals surface area contributed by atoms with Crippen molar-refractivity contribution in [1.29, 1.82) is 0 Å². The number of amides is 1. The maximum atomic E-state index is 13.7. The Labute approximate surface area is 213 Å². The van der Waals surface area contributed by atoms with Gasteiger partial charge in [0.15, 0.2) is 0 Å². The lowest BCUT2D eigenvalue weighted by Gasteiger charge is -2.28. The summed E-state index contributed by atoms with van der Waals surface area (Å²) in [7, 11) is 0. The first-order chi connectivity index (χ1) is 17.8. The van der Waals surface area contributed by atoms with Gasteiger partial charge in [0.05, 0.1) is 6.61 Å². The Balaban J connectivity index is 3.17. The minimum absolute atomic E-state index is 0.0901. The first kappa shape index (κ1) is 34.7. The fourth-order valence-electron chi connectivity index (χ4n) is 2.47. The molecular formula is C20H15F14NO5. The van der Waals surface area contributed by atoms with Gasteiger partial charge in [-0.2, -0.15) is 61.5 Å². The van der Waals surface area contributed by atoms with Crippen LogP contribution >= 0.6 is 0 Å². The van der Waals surface area contributed by atoms with Crippen molar-refractivity contribution in [3.05, 3.63) is 29.8 Å². The fourth-order valence-corrected chi connectivity index (χ4v) is 2.47. The highest BCUT2D eigenvalue weighted by molar-refractivity contribution is 5.89. The highest BCUT2D eigenvalue weighted by Crippen LogP contribution is 2.48. The number of carbonyl (C=O) groups is 3. The van der Waals surface area contributed by atoms with Crippen molar-refractivity contribution in [2.75, 3.05) is 6.61 Å². The highest BCUT2D eigenvalue weighted by Gasteiger charge is 2.78. The van der Waals surface area contributed by atoms with E-state index < -0.39 is 78.7 Å². The quantitative estimate of drug-likeness (QED) is 0.209. The average Bonchev–Trinajstić information content (AvgIpc) is 2.81. The maximum absolute atomic E-state index is 13.7. The van der Waals surface area contributed by atoms with E-state index in [-0.39, 0.29) is 12.0 Å². The van der Waals surface area contributed by atoms with Crippen LogP contribution in [0.15, 0.2) is 24.3 Å². The zero-order chi connectivity index (χ0) is 31.5. The van der Waals surface area contributed by atoms with Crippen molar-refractivity contribution in [1.82, 2.24) is 5.32 Å². The van der Waals surface area contributed by atoms with Gasteiger partial charge in [-0.3, -0.25) is 4.79 Å². The molecule has 1 aromatic carbocycles. The number of nitrogens with one attached hydrogen (secondary N) is 1. The van der Waals surface area contributed by atoms with Gasteiger partial charge in [-0.15, -0.1) is 0 Å². The SMILES string of the molecule is CCCOC(=O)[C@H](Cc1ccc(OC(=O)C(F)(F)C(F)(F)C(F)(F)F)cc1)NC(=O)C(F)(F)C(F)(F)C(F)(F)F. The normalized spacial score (nSPS) is 14.4. The highest BCUT2D eigenvalue weighted by atomic mass is 19.4. The Hall–Kier alpha value is -3.35. The molecule has 0 aliphatic carbocycles. The van der Waals surface area contributed by atoms with Crippen LogP contribution in [-0.2, 0) is 25.5 Å². The summed E-state index contributed by atoms with van der Waals surface area (Å²) in [6.45, 7) is 0.985. The third kappa shape index (κ3) is 7.04. The molecule has 0 unspecified atom stereocenters. The predicted octanol–water partition coefficient (Wildman–Crippen LogP) is 5.24. The first-order valence-electron chi connectivity index (χ1n) is 10.3. The molecule has 1 atom stereocenters. The van der Waals surface area contributed by atoms with Crippen LogP contribution in [0.5, 0.6) is 5.75 Å². The fraction of sp³-hybridized carbons (Fsp3) is 0.550. The largest absolute Gasteiger partial charge is 0.464 e. The smallest absolute Gasteiger partial charge is 0.460 e. The molecule has 0 saturated heterocycles. The second-order valence-corrected chi connectivity index (χ2v) is 7.72. The summed E-state index contributed by atoms with van der Waals surface area (Å²) in [5, 5.41) is 0.972. The Bertz CT molecular complexity index is 1070. The van der Waals surface area contributed by atoms with Crippen LogP contribution in [0, 0.1) is 0 Å². The number of ether oxygens (including phenoxy) is 2. The Morgan fingerprint density at radius 3 is 1.62 bits per heavy atom. The van der Waals surface area contributed by atoms with Gasteiger partial charge < -0.3 is 14.8 Å². The lowest BCUT2D eigenvalue weighted by Crippen LogP contribution is -2.61. The molecule has 0 bridgehead atoms. The molecule has 0 radical (unpaired) electrons. The third-order valence-corrected chi connectivity index (χ3v) is 4.65. The van der Waals surface area contributed by atoms with Crippen LogP contribution in [0.25, 0.3) is 0 Å². The number of alkyl halides is 14. The standard InChI is InChI=1S/C20H15F14NO5/c1-2-7-39-12(36)11(35-13(37)15(21,22)17(25,26)19(29,30)31)8-9-3-5-10(6-4-9)40-14(38)16(23,24)18(27,28)20(32,33)34/h3-6,11H,2,7-8H2,1H3,(H,35,37)/t11-/m0/s1. The van der Waals surface area contributed by atoms with E-state index in [0.29, 0.717) is 24.3 Å². The van der Waals surface area contributed by atoms with Crippen molar-refractivity contribution >= 4 is 17.8 Å². The molecule has 40 heavy (non-hydrogen) atoms. The molecule has 1 N–H and O–H groups in total. The lowest BCUT2D eigenvalue weighted by molar-refractivity contribution is -0.346. The topological polar surface area (TPSA) is 81.7 Å². The molecular weight excluding hydrogens is 600 g/mol. The second kappa shape index (κ2) is 11.6. The molecule has 0 aliphatic rings. The summed E-state index contributed by atoms with van der Waals surface area (Å²) in [5.41, 5.74) is -0.350. The molecule has 1 amide bonds. The van der Waals surface area contributed by atoms with Crippen LogP contribution < -0.4 is 10.1 Å². The zero-order valence-electron chi connectivity index (χ0n) is 19.3. The van der Waals surface area contributed by atoms with E-state index in [4.69, 9.17) is 0 Å². The van der Waals surface area contributed by atoms with Crippen molar-refractivity contribution in [2.24, 2.45) is 0 Å². The number of esters is 2. The van der Waals surface area contributed by atoms with Gasteiger partial charge >= 0.3 is 48.0 Å². The van der Waals surface area contributed by atoms with E-state index in [9.17, 15) is 75.8 Å². The van der Waals surface area contributed by atoms with E-state index in [1.54, 1.807) is 0 Å². The predicted molar refractivity (Wildman–Crippen MR) is 101 cm³/mol. The molecule has 0 heterocycles. The van der Waals surface area contributed by atoms with Gasteiger partial charge in [0.25, 0.3) is 5.91 Å². The summed E-state index contributed by atoms with van der Waals surface area (Å²) in [6, 6.07) is -0.151. The van der Waals surface area contributed by atoms with Crippen LogP contribution in [0.1, 0.15) is 18.9 Å². The zero-order valence-corrected chi connectivity index (χ0v) is 19.3. The Kier molecular flexibility index (Phi) is 10.1. The van der Waals surface area contributed by atoms with E-state index in [2.05, 4.69) is 9.47 Å². The van der Waals surface area contributed by atoms with Gasteiger partial charge in [0.1, 0.15) is 11.8 Å². The number of hydrogen-bond donors (Lipinski definition) is 1. The third-order valence-electron chi connectivity index (χ3n) is 4.65. The molecule has 0 saturated carbocycles. The minimum Gasteiger partial charge on any atom is -0.464 e. The average molecular weight is 615 g/mol. The van der Waals surface area contributed by atoms with Crippen LogP contribution in [0.2, 0.25) is 0 Å².